The number of benzene rings is 2. The van der Waals surface area contributed by atoms with E-state index in [-0.39, 0.29) is 33.9 Å². The highest BCUT2D eigenvalue weighted by atomic mass is 32.2. The average Bonchev–Trinajstić information content (AvgIpc) is 3.39. The van der Waals surface area contributed by atoms with Crippen molar-refractivity contribution in [3.63, 3.8) is 0 Å². The van der Waals surface area contributed by atoms with Crippen LogP contribution in [-0.4, -0.2) is 29.5 Å². The van der Waals surface area contributed by atoms with Crippen LogP contribution in [0.2, 0.25) is 0 Å². The highest BCUT2D eigenvalue weighted by Crippen LogP contribution is 2.19. The Bertz CT molecular complexity index is 1280. The number of furan rings is 1. The van der Waals surface area contributed by atoms with Gasteiger partial charge in [0.25, 0.3) is 5.91 Å². The summed E-state index contributed by atoms with van der Waals surface area (Å²) < 4.78 is 43.2. The van der Waals surface area contributed by atoms with Crippen molar-refractivity contribution in [3.05, 3.63) is 84.1 Å². The van der Waals surface area contributed by atoms with Crippen LogP contribution in [0.3, 0.4) is 0 Å². The van der Waals surface area contributed by atoms with Crippen LogP contribution in [0.4, 0.5) is 10.3 Å². The number of aromatic amines is 1. The van der Waals surface area contributed by atoms with E-state index in [2.05, 4.69) is 20.5 Å². The molecule has 8 nitrogen and oxygen atoms in total. The van der Waals surface area contributed by atoms with E-state index in [4.69, 9.17) is 4.42 Å². The first-order valence-electron chi connectivity index (χ1n) is 8.77. The molecule has 0 atom stereocenters. The molecule has 2 heterocycles. The minimum atomic E-state index is -3.60. The fourth-order valence-corrected chi connectivity index (χ4v) is 3.96. The van der Waals surface area contributed by atoms with Gasteiger partial charge in [0.15, 0.2) is 21.4 Å². The van der Waals surface area contributed by atoms with Crippen molar-refractivity contribution in [1.82, 2.24) is 15.2 Å². The molecule has 30 heavy (non-hydrogen) atoms. The van der Waals surface area contributed by atoms with Gasteiger partial charge in [0.05, 0.1) is 4.90 Å². The molecule has 0 bridgehead atoms. The maximum Gasteiger partial charge on any atom is 0.293 e. The predicted molar refractivity (Wildman–Crippen MR) is 106 cm³/mol. The molecule has 2 aromatic carbocycles. The van der Waals surface area contributed by atoms with Crippen LogP contribution in [0.1, 0.15) is 16.3 Å². The quantitative estimate of drug-likeness (QED) is 0.488. The number of halogens is 1. The van der Waals surface area contributed by atoms with Crippen LogP contribution < -0.4 is 5.32 Å². The first kappa shape index (κ1) is 19.5. The third-order valence-electron chi connectivity index (χ3n) is 4.15. The Morgan fingerprint density at radius 3 is 2.50 bits per heavy atom. The van der Waals surface area contributed by atoms with Crippen LogP contribution in [0.25, 0.3) is 11.4 Å². The summed E-state index contributed by atoms with van der Waals surface area (Å²) in [6.07, 6.45) is 0. The van der Waals surface area contributed by atoms with Crippen LogP contribution >= 0.6 is 0 Å². The number of carbonyl (C=O) groups is 1. The molecular formula is C20H15FN4O4S. The number of sulfone groups is 1. The van der Waals surface area contributed by atoms with E-state index in [1.165, 1.54) is 48.5 Å². The maximum atomic E-state index is 13.0. The molecular weight excluding hydrogens is 411 g/mol. The largest absolute Gasteiger partial charge is 0.455 e. The lowest BCUT2D eigenvalue weighted by Crippen LogP contribution is -2.12. The number of hydrogen-bond donors (Lipinski definition) is 2. The SMILES string of the molecule is O=C(Nc1n[nH]c(-c2ccc(F)cc2)n1)c1ccc(CS(=O)(=O)c2ccccc2)o1. The number of aromatic nitrogens is 3. The third kappa shape index (κ3) is 4.28. The monoisotopic (exact) mass is 426 g/mol. The number of hydrogen-bond acceptors (Lipinski definition) is 6. The van der Waals surface area contributed by atoms with Gasteiger partial charge in [0.1, 0.15) is 17.3 Å². The fraction of sp³-hybridized carbons (Fsp3) is 0.0500. The molecule has 0 aliphatic rings. The number of amides is 1. The number of anilines is 1. The van der Waals surface area contributed by atoms with E-state index in [1.807, 2.05) is 0 Å². The Balaban J connectivity index is 1.44. The van der Waals surface area contributed by atoms with Crippen molar-refractivity contribution >= 4 is 21.7 Å². The zero-order valence-corrected chi connectivity index (χ0v) is 16.2. The topological polar surface area (TPSA) is 118 Å². The van der Waals surface area contributed by atoms with Gasteiger partial charge in [0, 0.05) is 5.56 Å². The van der Waals surface area contributed by atoms with Gasteiger partial charge in [-0.25, -0.2) is 12.8 Å². The van der Waals surface area contributed by atoms with Crippen LogP contribution in [0.5, 0.6) is 0 Å². The summed E-state index contributed by atoms with van der Waals surface area (Å²) >= 11 is 0. The van der Waals surface area contributed by atoms with Gasteiger partial charge >= 0.3 is 0 Å². The van der Waals surface area contributed by atoms with E-state index in [1.54, 1.807) is 18.2 Å². The molecule has 4 rings (SSSR count). The summed E-state index contributed by atoms with van der Waals surface area (Å²) in [6, 6.07) is 16.4. The zero-order valence-electron chi connectivity index (χ0n) is 15.4. The predicted octanol–water partition coefficient (Wildman–Crippen LogP) is 3.43. The second-order valence-electron chi connectivity index (χ2n) is 6.31. The molecule has 10 heteroatoms. The number of nitrogens with zero attached hydrogens (tertiary/aromatic N) is 2. The smallest absolute Gasteiger partial charge is 0.293 e. The summed E-state index contributed by atoms with van der Waals surface area (Å²) in [5.74, 6) is -1.00. The first-order valence-corrected chi connectivity index (χ1v) is 10.4. The Morgan fingerprint density at radius 1 is 1.03 bits per heavy atom. The maximum absolute atomic E-state index is 13.0. The molecule has 0 aliphatic carbocycles. The summed E-state index contributed by atoms with van der Waals surface area (Å²) in [4.78, 5) is 16.6. The minimum Gasteiger partial charge on any atom is -0.455 e. The van der Waals surface area contributed by atoms with Crippen molar-refractivity contribution in [2.75, 3.05) is 5.32 Å². The van der Waals surface area contributed by atoms with Crippen molar-refractivity contribution in [3.8, 4) is 11.4 Å². The fourth-order valence-electron chi connectivity index (χ4n) is 2.69. The lowest BCUT2D eigenvalue weighted by molar-refractivity contribution is 0.0994. The molecule has 4 aromatic rings. The Kier molecular flexibility index (Phi) is 5.15. The van der Waals surface area contributed by atoms with Gasteiger partial charge in [-0.3, -0.25) is 15.2 Å². The summed E-state index contributed by atoms with van der Waals surface area (Å²) in [5.41, 5.74) is 0.593. The van der Waals surface area contributed by atoms with Crippen molar-refractivity contribution in [2.45, 2.75) is 10.6 Å². The number of rotatable bonds is 6. The van der Waals surface area contributed by atoms with Crippen molar-refractivity contribution in [2.24, 2.45) is 0 Å². The Morgan fingerprint density at radius 2 is 1.77 bits per heavy atom. The molecule has 0 aliphatic heterocycles. The molecule has 0 unspecified atom stereocenters. The normalized spacial score (nSPS) is 11.4. The van der Waals surface area contributed by atoms with Gasteiger partial charge in [0.2, 0.25) is 5.95 Å². The highest BCUT2D eigenvalue weighted by Gasteiger charge is 2.20. The minimum absolute atomic E-state index is 0.00539. The first-order chi connectivity index (χ1) is 14.4. The van der Waals surface area contributed by atoms with E-state index in [9.17, 15) is 17.6 Å². The van der Waals surface area contributed by atoms with Gasteiger partial charge in [-0.05, 0) is 48.5 Å². The molecule has 0 fully saturated rings. The number of nitrogens with one attached hydrogen (secondary N) is 2. The third-order valence-corrected chi connectivity index (χ3v) is 5.80. The van der Waals surface area contributed by atoms with Crippen LogP contribution in [0.15, 0.2) is 76.0 Å². The molecule has 0 saturated heterocycles. The number of carbonyl (C=O) groups excluding carboxylic acids is 1. The zero-order chi connectivity index (χ0) is 21.1. The molecule has 0 saturated carbocycles. The molecule has 0 radical (unpaired) electrons. The summed E-state index contributed by atoms with van der Waals surface area (Å²) in [7, 11) is -3.60. The molecule has 2 aromatic heterocycles. The van der Waals surface area contributed by atoms with Crippen molar-refractivity contribution in [1.29, 1.82) is 0 Å². The van der Waals surface area contributed by atoms with Crippen molar-refractivity contribution < 1.29 is 22.0 Å². The van der Waals surface area contributed by atoms with Crippen LogP contribution in [0, 0.1) is 5.82 Å². The standard InChI is InChI=1S/C20H15FN4O4S/c21-14-8-6-13(7-9-14)18-22-20(25-24-18)23-19(26)17-11-10-15(29-17)12-30(27,28)16-4-2-1-3-5-16/h1-11H,12H2,(H2,22,23,24,25,26). The highest BCUT2D eigenvalue weighted by molar-refractivity contribution is 7.90. The molecule has 2 N–H and O–H groups in total. The van der Waals surface area contributed by atoms with Gasteiger partial charge in [-0.2, -0.15) is 4.98 Å². The Hall–Kier alpha value is -3.79. The second-order valence-corrected chi connectivity index (χ2v) is 8.30. The van der Waals surface area contributed by atoms with Gasteiger partial charge in [-0.15, -0.1) is 5.10 Å². The summed E-state index contributed by atoms with van der Waals surface area (Å²) in [6.45, 7) is 0. The van der Waals surface area contributed by atoms with Gasteiger partial charge < -0.3 is 4.42 Å². The lowest BCUT2D eigenvalue weighted by atomic mass is 10.2. The van der Waals surface area contributed by atoms with Crippen LogP contribution in [-0.2, 0) is 15.6 Å². The lowest BCUT2D eigenvalue weighted by Gasteiger charge is -2.02. The molecule has 1 amide bonds. The van der Waals surface area contributed by atoms with E-state index in [0.717, 1.165) is 0 Å². The van der Waals surface area contributed by atoms with E-state index < -0.39 is 15.7 Å². The Labute approximate surface area is 170 Å². The van der Waals surface area contributed by atoms with E-state index >= 15 is 0 Å². The second kappa shape index (κ2) is 7.91. The van der Waals surface area contributed by atoms with E-state index in [0.29, 0.717) is 11.4 Å². The van der Waals surface area contributed by atoms with Gasteiger partial charge in [-0.1, -0.05) is 18.2 Å². The molecule has 152 valence electrons. The summed E-state index contributed by atoms with van der Waals surface area (Å²) in [5, 5.41) is 8.99. The molecule has 0 spiro atoms. The number of H-pyrrole nitrogens is 1. The average molecular weight is 426 g/mol.